The van der Waals surface area contributed by atoms with Crippen LogP contribution in [0.25, 0.3) is 0 Å². The molecular formula is C20H24N2O5S2. The highest BCUT2D eigenvalue weighted by Crippen LogP contribution is 2.30. The quantitative estimate of drug-likeness (QED) is 0.642. The Morgan fingerprint density at radius 3 is 2.45 bits per heavy atom. The molecule has 0 fully saturated rings. The van der Waals surface area contributed by atoms with Gasteiger partial charge in [0.25, 0.3) is 5.91 Å². The van der Waals surface area contributed by atoms with E-state index >= 15 is 0 Å². The van der Waals surface area contributed by atoms with Gasteiger partial charge in [-0.3, -0.25) is 4.79 Å². The maximum absolute atomic E-state index is 12.5. The van der Waals surface area contributed by atoms with E-state index in [0.717, 1.165) is 19.3 Å². The zero-order valence-electron chi connectivity index (χ0n) is 16.4. The van der Waals surface area contributed by atoms with Gasteiger partial charge in [0.1, 0.15) is 4.88 Å². The number of benzene rings is 1. The number of carbonyl (C=O) groups excluding carboxylic acids is 2. The summed E-state index contributed by atoms with van der Waals surface area (Å²) in [4.78, 5) is 26.1. The van der Waals surface area contributed by atoms with E-state index in [1.54, 1.807) is 13.8 Å². The minimum atomic E-state index is -3.55. The van der Waals surface area contributed by atoms with Gasteiger partial charge in [0, 0.05) is 23.7 Å². The lowest BCUT2D eigenvalue weighted by Crippen LogP contribution is -2.30. The SMILES string of the molecule is CCN(CC)S(=O)(=O)c1ccc(NC(=O)COC(=O)c2cc3c(s2)CCC3)cc1. The highest BCUT2D eigenvalue weighted by molar-refractivity contribution is 7.89. The van der Waals surface area contributed by atoms with Gasteiger partial charge in [0.05, 0.1) is 4.90 Å². The molecule has 1 heterocycles. The molecule has 0 aliphatic heterocycles. The summed E-state index contributed by atoms with van der Waals surface area (Å²) in [7, 11) is -3.55. The van der Waals surface area contributed by atoms with E-state index in [1.165, 1.54) is 50.3 Å². The molecule has 3 rings (SSSR count). The Bertz CT molecular complexity index is 971. The molecule has 1 aliphatic carbocycles. The van der Waals surface area contributed by atoms with Crippen molar-refractivity contribution in [1.82, 2.24) is 4.31 Å². The van der Waals surface area contributed by atoms with E-state index in [9.17, 15) is 18.0 Å². The van der Waals surface area contributed by atoms with Gasteiger partial charge < -0.3 is 10.1 Å². The van der Waals surface area contributed by atoms with Crippen LogP contribution in [0.5, 0.6) is 0 Å². The molecule has 1 N–H and O–H groups in total. The van der Waals surface area contributed by atoms with Crippen LogP contribution in [0.2, 0.25) is 0 Å². The number of nitrogens with one attached hydrogen (secondary N) is 1. The Balaban J connectivity index is 1.54. The normalized spacial score (nSPS) is 13.3. The lowest BCUT2D eigenvalue weighted by atomic mass is 10.2. The maximum atomic E-state index is 12.5. The first kappa shape index (κ1) is 21.5. The fourth-order valence-electron chi connectivity index (χ4n) is 3.25. The van der Waals surface area contributed by atoms with Crippen molar-refractivity contribution in [3.05, 3.63) is 45.6 Å². The lowest BCUT2D eigenvalue weighted by Gasteiger charge is -2.18. The number of thiophene rings is 1. The van der Waals surface area contributed by atoms with Gasteiger partial charge >= 0.3 is 5.97 Å². The van der Waals surface area contributed by atoms with Crippen LogP contribution in [0.1, 0.15) is 40.4 Å². The van der Waals surface area contributed by atoms with Crippen LogP contribution in [-0.4, -0.2) is 44.3 Å². The molecule has 0 bridgehead atoms. The molecule has 1 aromatic carbocycles. The van der Waals surface area contributed by atoms with Crippen LogP contribution >= 0.6 is 11.3 Å². The molecule has 0 atom stereocenters. The molecule has 0 unspecified atom stereocenters. The number of aryl methyl sites for hydroxylation is 2. The van der Waals surface area contributed by atoms with Crippen molar-refractivity contribution in [2.24, 2.45) is 0 Å². The molecule has 0 saturated heterocycles. The number of carbonyl (C=O) groups is 2. The average Bonchev–Trinajstić information content (AvgIpc) is 3.29. The van der Waals surface area contributed by atoms with Gasteiger partial charge in [0.2, 0.25) is 10.0 Å². The van der Waals surface area contributed by atoms with Crippen molar-refractivity contribution >= 4 is 38.9 Å². The zero-order valence-corrected chi connectivity index (χ0v) is 18.1. The number of ether oxygens (including phenoxy) is 1. The molecule has 0 saturated carbocycles. The van der Waals surface area contributed by atoms with Gasteiger partial charge in [-0.15, -0.1) is 11.3 Å². The van der Waals surface area contributed by atoms with Crippen LogP contribution in [0.3, 0.4) is 0 Å². The summed E-state index contributed by atoms with van der Waals surface area (Å²) in [6.45, 7) is 3.92. The summed E-state index contributed by atoms with van der Waals surface area (Å²) in [5, 5.41) is 2.60. The van der Waals surface area contributed by atoms with Crippen molar-refractivity contribution < 1.29 is 22.7 Å². The molecule has 0 radical (unpaired) electrons. The van der Waals surface area contributed by atoms with E-state index < -0.39 is 28.5 Å². The smallest absolute Gasteiger partial charge is 0.348 e. The fourth-order valence-corrected chi connectivity index (χ4v) is 5.86. The molecule has 156 valence electrons. The predicted octanol–water partition coefficient (Wildman–Crippen LogP) is 3.06. The first-order chi connectivity index (χ1) is 13.8. The van der Waals surface area contributed by atoms with Crippen molar-refractivity contribution in [3.63, 3.8) is 0 Å². The number of hydrogen-bond acceptors (Lipinski definition) is 6. The maximum Gasteiger partial charge on any atom is 0.348 e. The van der Waals surface area contributed by atoms with Gasteiger partial charge in [-0.25, -0.2) is 13.2 Å². The van der Waals surface area contributed by atoms with Crippen LogP contribution in [0, 0.1) is 0 Å². The molecule has 1 amide bonds. The van der Waals surface area contributed by atoms with E-state index in [0.29, 0.717) is 23.7 Å². The molecule has 0 spiro atoms. The van der Waals surface area contributed by atoms with Crippen LogP contribution in [0.4, 0.5) is 5.69 Å². The monoisotopic (exact) mass is 436 g/mol. The number of esters is 1. The Labute approximate surface area is 174 Å². The summed E-state index contributed by atoms with van der Waals surface area (Å²) >= 11 is 1.43. The van der Waals surface area contributed by atoms with Crippen molar-refractivity contribution in [2.45, 2.75) is 38.0 Å². The van der Waals surface area contributed by atoms with Crippen LogP contribution in [-0.2, 0) is 32.4 Å². The lowest BCUT2D eigenvalue weighted by molar-refractivity contribution is -0.119. The first-order valence-electron chi connectivity index (χ1n) is 9.54. The third kappa shape index (κ3) is 4.85. The number of fused-ring (bicyclic) bond motifs is 1. The molecule has 29 heavy (non-hydrogen) atoms. The minimum Gasteiger partial charge on any atom is -0.451 e. The fraction of sp³-hybridized carbons (Fsp3) is 0.400. The number of anilines is 1. The molecule has 1 aromatic heterocycles. The van der Waals surface area contributed by atoms with Crippen LogP contribution < -0.4 is 5.32 Å². The summed E-state index contributed by atoms with van der Waals surface area (Å²) in [5.74, 6) is -0.984. The van der Waals surface area contributed by atoms with Crippen molar-refractivity contribution in [1.29, 1.82) is 0 Å². The van der Waals surface area contributed by atoms with Crippen LogP contribution in [0.15, 0.2) is 35.2 Å². The summed E-state index contributed by atoms with van der Waals surface area (Å²) in [6, 6.07) is 7.77. The number of rotatable bonds is 8. The van der Waals surface area contributed by atoms with Crippen molar-refractivity contribution in [2.75, 3.05) is 25.0 Å². The zero-order chi connectivity index (χ0) is 21.0. The average molecular weight is 437 g/mol. The van der Waals surface area contributed by atoms with E-state index in [4.69, 9.17) is 4.74 Å². The highest BCUT2D eigenvalue weighted by atomic mass is 32.2. The third-order valence-electron chi connectivity index (χ3n) is 4.76. The number of nitrogens with zero attached hydrogens (tertiary/aromatic N) is 1. The van der Waals surface area contributed by atoms with E-state index in [2.05, 4.69) is 5.32 Å². The first-order valence-corrected chi connectivity index (χ1v) is 11.8. The topological polar surface area (TPSA) is 92.8 Å². The number of amides is 1. The molecule has 2 aromatic rings. The van der Waals surface area contributed by atoms with Crippen molar-refractivity contribution in [3.8, 4) is 0 Å². The summed E-state index contributed by atoms with van der Waals surface area (Å²) in [5.41, 5.74) is 1.63. The van der Waals surface area contributed by atoms with E-state index in [1.807, 2.05) is 6.07 Å². The Morgan fingerprint density at radius 1 is 1.14 bits per heavy atom. The minimum absolute atomic E-state index is 0.163. The molecule has 9 heteroatoms. The number of sulfonamides is 1. The molecule has 1 aliphatic rings. The Hall–Kier alpha value is -2.23. The summed E-state index contributed by atoms with van der Waals surface area (Å²) in [6.07, 6.45) is 3.10. The second-order valence-electron chi connectivity index (χ2n) is 6.65. The highest BCUT2D eigenvalue weighted by Gasteiger charge is 2.22. The third-order valence-corrected chi connectivity index (χ3v) is 8.04. The molecule has 7 nitrogen and oxygen atoms in total. The second kappa shape index (κ2) is 9.06. The Kier molecular flexibility index (Phi) is 6.71. The summed E-state index contributed by atoms with van der Waals surface area (Å²) < 4.78 is 31.4. The predicted molar refractivity (Wildman–Crippen MR) is 112 cm³/mol. The molecular weight excluding hydrogens is 412 g/mol. The van der Waals surface area contributed by atoms with Gasteiger partial charge in [-0.1, -0.05) is 13.8 Å². The largest absolute Gasteiger partial charge is 0.451 e. The van der Waals surface area contributed by atoms with Gasteiger partial charge in [0.15, 0.2) is 6.61 Å². The van der Waals surface area contributed by atoms with Gasteiger partial charge in [-0.05, 0) is 55.2 Å². The Morgan fingerprint density at radius 2 is 1.83 bits per heavy atom. The van der Waals surface area contributed by atoms with E-state index in [-0.39, 0.29) is 4.90 Å². The standard InChI is InChI=1S/C20H24N2O5S2/c1-3-22(4-2)29(25,26)16-10-8-15(9-11-16)21-19(23)13-27-20(24)18-12-14-6-5-7-17(14)28-18/h8-12H,3-7,13H2,1-2H3,(H,21,23). The second-order valence-corrected chi connectivity index (χ2v) is 9.73. The number of hydrogen-bond donors (Lipinski definition) is 1. The van der Waals surface area contributed by atoms with Gasteiger partial charge in [-0.2, -0.15) is 4.31 Å².